The molecule has 0 spiro atoms. The van der Waals surface area contributed by atoms with Gasteiger partial charge in [0, 0.05) is 33.0 Å². The SMILES string of the molecule is Cc1nnc(N2CC(C(=O)NCCc3nc4ccccc4n3C)CC2=O)s1. The number of hydrogen-bond donors (Lipinski definition) is 1. The first-order valence-electron chi connectivity index (χ1n) is 8.81. The molecule has 140 valence electrons. The molecule has 1 aromatic carbocycles. The monoisotopic (exact) mass is 384 g/mol. The van der Waals surface area contributed by atoms with Crippen LogP contribution in [0.25, 0.3) is 11.0 Å². The van der Waals surface area contributed by atoms with Crippen LogP contribution in [0.5, 0.6) is 0 Å². The lowest BCUT2D eigenvalue weighted by Crippen LogP contribution is -2.34. The van der Waals surface area contributed by atoms with Gasteiger partial charge in [-0.1, -0.05) is 23.5 Å². The van der Waals surface area contributed by atoms with Crippen molar-refractivity contribution in [3.63, 3.8) is 0 Å². The van der Waals surface area contributed by atoms with Crippen LogP contribution in [0, 0.1) is 12.8 Å². The van der Waals surface area contributed by atoms with Gasteiger partial charge in [-0.25, -0.2) is 4.98 Å². The summed E-state index contributed by atoms with van der Waals surface area (Å²) in [6.07, 6.45) is 0.841. The van der Waals surface area contributed by atoms with Crippen LogP contribution >= 0.6 is 11.3 Å². The summed E-state index contributed by atoms with van der Waals surface area (Å²) in [6.45, 7) is 2.68. The molecule has 2 amide bonds. The third-order valence-electron chi connectivity index (χ3n) is 4.77. The van der Waals surface area contributed by atoms with Crippen molar-refractivity contribution < 1.29 is 9.59 Å². The molecule has 1 fully saturated rings. The van der Waals surface area contributed by atoms with Gasteiger partial charge in [-0.05, 0) is 19.1 Å². The van der Waals surface area contributed by atoms with Gasteiger partial charge in [0.2, 0.25) is 16.9 Å². The van der Waals surface area contributed by atoms with E-state index in [9.17, 15) is 9.59 Å². The lowest BCUT2D eigenvalue weighted by atomic mass is 10.1. The number of rotatable bonds is 5. The number of amides is 2. The molecule has 0 aliphatic carbocycles. The van der Waals surface area contributed by atoms with Crippen LogP contribution in [-0.4, -0.2) is 44.7 Å². The Morgan fingerprint density at radius 1 is 1.33 bits per heavy atom. The smallest absolute Gasteiger partial charge is 0.229 e. The summed E-state index contributed by atoms with van der Waals surface area (Å²) in [5, 5.41) is 12.2. The Bertz CT molecular complexity index is 1010. The van der Waals surface area contributed by atoms with E-state index >= 15 is 0 Å². The zero-order valence-corrected chi connectivity index (χ0v) is 16.0. The Morgan fingerprint density at radius 3 is 2.89 bits per heavy atom. The average Bonchev–Trinajstić information content (AvgIpc) is 3.33. The number of imidazole rings is 1. The Kier molecular flexibility index (Phi) is 4.61. The molecule has 0 bridgehead atoms. The quantitative estimate of drug-likeness (QED) is 0.719. The van der Waals surface area contributed by atoms with Gasteiger partial charge in [0.1, 0.15) is 10.8 Å². The third-order valence-corrected chi connectivity index (χ3v) is 5.63. The van der Waals surface area contributed by atoms with Gasteiger partial charge in [-0.3, -0.25) is 14.5 Å². The Labute approximate surface area is 160 Å². The summed E-state index contributed by atoms with van der Waals surface area (Å²) >= 11 is 1.36. The van der Waals surface area contributed by atoms with E-state index in [1.54, 1.807) is 4.90 Å². The predicted octanol–water partition coefficient (Wildman–Crippen LogP) is 1.45. The van der Waals surface area contributed by atoms with E-state index in [0.29, 0.717) is 24.6 Å². The zero-order chi connectivity index (χ0) is 19.0. The minimum Gasteiger partial charge on any atom is -0.355 e. The van der Waals surface area contributed by atoms with Crippen LogP contribution in [-0.2, 0) is 23.1 Å². The fraction of sp³-hybridized carbons (Fsp3) is 0.389. The molecule has 0 radical (unpaired) electrons. The van der Waals surface area contributed by atoms with E-state index in [-0.39, 0.29) is 24.2 Å². The van der Waals surface area contributed by atoms with E-state index < -0.39 is 0 Å². The first-order valence-corrected chi connectivity index (χ1v) is 9.63. The van der Waals surface area contributed by atoms with Gasteiger partial charge in [-0.2, -0.15) is 0 Å². The highest BCUT2D eigenvalue weighted by molar-refractivity contribution is 7.15. The standard InChI is InChI=1S/C18H20N6O2S/c1-11-21-22-18(27-11)24-10-12(9-16(24)25)17(26)19-8-7-15-20-13-5-3-4-6-14(13)23(15)2/h3-6,12H,7-10H2,1-2H3,(H,19,26). The van der Waals surface area contributed by atoms with Gasteiger partial charge in [-0.15, -0.1) is 10.2 Å². The number of aromatic nitrogens is 4. The molecule has 4 rings (SSSR count). The third kappa shape index (κ3) is 3.42. The van der Waals surface area contributed by atoms with Crippen molar-refractivity contribution >= 4 is 39.3 Å². The zero-order valence-electron chi connectivity index (χ0n) is 15.2. The second-order valence-electron chi connectivity index (χ2n) is 6.63. The van der Waals surface area contributed by atoms with E-state index in [0.717, 1.165) is 21.9 Å². The molecule has 1 saturated heterocycles. The van der Waals surface area contributed by atoms with Crippen LogP contribution in [0.1, 0.15) is 17.3 Å². The Morgan fingerprint density at radius 2 is 2.15 bits per heavy atom. The number of carbonyl (C=O) groups is 2. The molecule has 8 nitrogen and oxygen atoms in total. The van der Waals surface area contributed by atoms with Crippen molar-refractivity contribution in [3.05, 3.63) is 35.1 Å². The summed E-state index contributed by atoms with van der Waals surface area (Å²) < 4.78 is 2.04. The Hall–Kier alpha value is -2.81. The molecule has 2 aromatic heterocycles. The highest BCUT2D eigenvalue weighted by Crippen LogP contribution is 2.27. The van der Waals surface area contributed by atoms with Crippen LogP contribution in [0.15, 0.2) is 24.3 Å². The molecule has 9 heteroatoms. The van der Waals surface area contributed by atoms with Crippen LogP contribution in [0.2, 0.25) is 0 Å². The summed E-state index contributed by atoms with van der Waals surface area (Å²) in [6, 6.07) is 7.95. The molecule has 1 unspecified atom stereocenters. The number of nitrogens with one attached hydrogen (secondary N) is 1. The van der Waals surface area contributed by atoms with Crippen molar-refractivity contribution in [3.8, 4) is 0 Å². The van der Waals surface area contributed by atoms with E-state index in [1.807, 2.05) is 42.8 Å². The van der Waals surface area contributed by atoms with Gasteiger partial charge < -0.3 is 9.88 Å². The fourth-order valence-corrected chi connectivity index (χ4v) is 4.04. The molecule has 1 aliphatic rings. The highest BCUT2D eigenvalue weighted by atomic mass is 32.1. The Balaban J connectivity index is 1.34. The second kappa shape index (κ2) is 7.07. The maximum Gasteiger partial charge on any atom is 0.229 e. The molecular formula is C18H20N6O2S. The first kappa shape index (κ1) is 17.6. The highest BCUT2D eigenvalue weighted by Gasteiger charge is 2.36. The molecule has 1 atom stereocenters. The summed E-state index contributed by atoms with van der Waals surface area (Å²) in [4.78, 5) is 30.8. The molecule has 0 saturated carbocycles. The van der Waals surface area contributed by atoms with E-state index in [2.05, 4.69) is 20.5 Å². The maximum absolute atomic E-state index is 12.5. The first-order chi connectivity index (χ1) is 13.0. The molecule has 1 N–H and O–H groups in total. The normalized spacial score (nSPS) is 17.0. The van der Waals surface area contributed by atoms with Gasteiger partial charge in [0.05, 0.1) is 17.0 Å². The van der Waals surface area contributed by atoms with Crippen molar-refractivity contribution in [1.29, 1.82) is 0 Å². The number of nitrogens with zero attached hydrogens (tertiary/aromatic N) is 5. The number of carbonyl (C=O) groups excluding carboxylic acids is 2. The lowest BCUT2D eigenvalue weighted by Gasteiger charge is -2.12. The van der Waals surface area contributed by atoms with Crippen molar-refractivity contribution in [2.45, 2.75) is 19.8 Å². The fourth-order valence-electron chi connectivity index (χ4n) is 3.32. The second-order valence-corrected chi connectivity index (χ2v) is 7.79. The summed E-state index contributed by atoms with van der Waals surface area (Å²) in [5.41, 5.74) is 2.02. The number of aryl methyl sites for hydroxylation is 2. The predicted molar refractivity (Wildman–Crippen MR) is 103 cm³/mol. The van der Waals surface area contributed by atoms with Crippen molar-refractivity contribution in [2.75, 3.05) is 18.0 Å². The van der Waals surface area contributed by atoms with Gasteiger partial charge >= 0.3 is 0 Å². The number of fused-ring (bicyclic) bond motifs is 1. The number of hydrogen-bond acceptors (Lipinski definition) is 6. The number of anilines is 1. The maximum atomic E-state index is 12.5. The van der Waals surface area contributed by atoms with Crippen LogP contribution < -0.4 is 10.2 Å². The molecule has 1 aliphatic heterocycles. The lowest BCUT2D eigenvalue weighted by molar-refractivity contribution is -0.126. The average molecular weight is 384 g/mol. The molecule has 3 aromatic rings. The van der Waals surface area contributed by atoms with Gasteiger partial charge in [0.25, 0.3) is 0 Å². The van der Waals surface area contributed by atoms with Crippen molar-refractivity contribution in [2.24, 2.45) is 13.0 Å². The summed E-state index contributed by atoms with van der Waals surface area (Å²) in [7, 11) is 1.98. The minimum atomic E-state index is -0.359. The van der Waals surface area contributed by atoms with Crippen molar-refractivity contribution in [1.82, 2.24) is 25.1 Å². The summed E-state index contributed by atoms with van der Waals surface area (Å²) in [5.74, 6) is 0.375. The number of para-hydroxylation sites is 2. The van der Waals surface area contributed by atoms with E-state index in [4.69, 9.17) is 0 Å². The largest absolute Gasteiger partial charge is 0.355 e. The molecule has 3 heterocycles. The number of benzene rings is 1. The van der Waals surface area contributed by atoms with E-state index in [1.165, 1.54) is 11.3 Å². The molecular weight excluding hydrogens is 364 g/mol. The molecule has 27 heavy (non-hydrogen) atoms. The van der Waals surface area contributed by atoms with Crippen LogP contribution in [0.4, 0.5) is 5.13 Å². The topological polar surface area (TPSA) is 93.0 Å². The van der Waals surface area contributed by atoms with Gasteiger partial charge in [0.15, 0.2) is 0 Å². The minimum absolute atomic E-state index is 0.0818. The van der Waals surface area contributed by atoms with Crippen LogP contribution in [0.3, 0.4) is 0 Å².